The van der Waals surface area contributed by atoms with Crippen molar-refractivity contribution in [2.75, 3.05) is 45.3 Å². The van der Waals surface area contributed by atoms with Gasteiger partial charge in [0.2, 0.25) is 0 Å². The van der Waals surface area contributed by atoms with Crippen LogP contribution in [0.25, 0.3) is 0 Å². The van der Waals surface area contributed by atoms with Gasteiger partial charge in [0.25, 0.3) is 11.8 Å². The molecule has 2 saturated carbocycles. The highest BCUT2D eigenvalue weighted by molar-refractivity contribution is 8.00. The van der Waals surface area contributed by atoms with E-state index in [2.05, 4.69) is 29.2 Å². The zero-order valence-electron chi connectivity index (χ0n) is 22.5. The lowest BCUT2D eigenvalue weighted by Gasteiger charge is -2.48. The summed E-state index contributed by atoms with van der Waals surface area (Å²) in [6, 6.07) is 8.40. The smallest absolute Gasteiger partial charge is 0.259 e. The van der Waals surface area contributed by atoms with Gasteiger partial charge in [-0.15, -0.1) is 11.8 Å². The van der Waals surface area contributed by atoms with Gasteiger partial charge in [0, 0.05) is 48.4 Å². The van der Waals surface area contributed by atoms with Gasteiger partial charge in [-0.25, -0.2) is 0 Å². The van der Waals surface area contributed by atoms with Crippen molar-refractivity contribution >= 4 is 23.6 Å². The van der Waals surface area contributed by atoms with Crippen molar-refractivity contribution < 1.29 is 19.4 Å². The molecule has 0 aromatic heterocycles. The summed E-state index contributed by atoms with van der Waals surface area (Å²) in [6.45, 7) is 2.00. The molecule has 3 atom stereocenters. The number of rotatable bonds is 4. The quantitative estimate of drug-likeness (QED) is 0.604. The third-order valence-corrected chi connectivity index (χ3v) is 11.4. The maximum atomic E-state index is 13.2. The molecule has 0 bridgehead atoms. The van der Waals surface area contributed by atoms with E-state index in [9.17, 15) is 14.7 Å². The summed E-state index contributed by atoms with van der Waals surface area (Å²) in [5.74, 6) is 2.17. The number of nitrogens with zero attached hydrogens (tertiary/aromatic N) is 2. The van der Waals surface area contributed by atoms with Crippen LogP contribution in [0.1, 0.15) is 86.0 Å². The highest BCUT2D eigenvalue weighted by atomic mass is 32.2. The number of thioether (sulfide) groups is 1. The predicted octanol–water partition coefficient (Wildman–Crippen LogP) is 3.76. The largest absolute Gasteiger partial charge is 0.376 e. The van der Waals surface area contributed by atoms with Gasteiger partial charge in [-0.1, -0.05) is 44.2 Å². The Morgan fingerprint density at radius 2 is 1.55 bits per heavy atom. The number of hydrogen-bond donors (Lipinski definition) is 2. The molecule has 3 unspecified atom stereocenters. The number of piperazine rings is 1. The van der Waals surface area contributed by atoms with Crippen LogP contribution in [0.15, 0.2) is 24.3 Å². The number of amides is 2. The molecule has 208 valence electrons. The van der Waals surface area contributed by atoms with E-state index in [1.165, 1.54) is 69.8 Å². The monoisotopic (exact) mass is 541 g/mol. The molecule has 5 aliphatic rings. The minimum absolute atomic E-state index is 0.0258. The topological polar surface area (TPSA) is 82.1 Å². The van der Waals surface area contributed by atoms with Gasteiger partial charge in [-0.3, -0.25) is 9.59 Å². The third-order valence-electron chi connectivity index (χ3n) is 10.0. The van der Waals surface area contributed by atoms with Crippen LogP contribution in [-0.4, -0.2) is 88.4 Å². The molecule has 1 aromatic rings. The molecule has 5 fully saturated rings. The van der Waals surface area contributed by atoms with Crippen molar-refractivity contribution in [3.8, 4) is 0 Å². The van der Waals surface area contributed by atoms with E-state index in [0.717, 1.165) is 22.6 Å². The van der Waals surface area contributed by atoms with Crippen molar-refractivity contribution in [3.63, 3.8) is 0 Å². The lowest BCUT2D eigenvalue weighted by Crippen LogP contribution is -2.64. The van der Waals surface area contributed by atoms with Crippen molar-refractivity contribution in [2.24, 2.45) is 5.92 Å². The average Bonchev–Trinajstić information content (AvgIpc) is 3.35. The Morgan fingerprint density at radius 1 is 0.895 bits per heavy atom. The van der Waals surface area contributed by atoms with Crippen LogP contribution >= 0.6 is 11.8 Å². The van der Waals surface area contributed by atoms with E-state index in [-0.39, 0.29) is 30.6 Å². The fraction of sp³-hybridized carbons (Fsp3) is 0.733. The minimum Gasteiger partial charge on any atom is -0.376 e. The van der Waals surface area contributed by atoms with Gasteiger partial charge in [0.15, 0.2) is 5.60 Å². The van der Waals surface area contributed by atoms with Gasteiger partial charge in [-0.2, -0.15) is 0 Å². The fourth-order valence-corrected chi connectivity index (χ4v) is 9.21. The van der Waals surface area contributed by atoms with E-state index in [0.29, 0.717) is 32.1 Å². The van der Waals surface area contributed by atoms with Crippen LogP contribution in [0.3, 0.4) is 0 Å². The SMILES string of the molecule is O=C(c1ccc(C2CCC3SCNC3(C3CCCCCCC3)C2)cc1)N1CCN(C(=O)C2(O)COC2)CC1. The van der Waals surface area contributed by atoms with Crippen molar-refractivity contribution in [1.29, 1.82) is 0 Å². The minimum atomic E-state index is -1.37. The second-order valence-corrected chi connectivity index (χ2v) is 13.5. The molecule has 2 N–H and O–H groups in total. The number of carbonyl (C=O) groups excluding carboxylic acids is 2. The van der Waals surface area contributed by atoms with Gasteiger partial charge in [0.05, 0.1) is 13.2 Å². The normalized spacial score (nSPS) is 32.1. The summed E-state index contributed by atoms with van der Waals surface area (Å²) in [4.78, 5) is 29.3. The van der Waals surface area contributed by atoms with E-state index in [1.807, 2.05) is 17.0 Å². The highest BCUT2D eigenvalue weighted by Gasteiger charge is 2.52. The second kappa shape index (κ2) is 11.1. The Morgan fingerprint density at radius 3 is 2.21 bits per heavy atom. The maximum absolute atomic E-state index is 13.2. The van der Waals surface area contributed by atoms with Gasteiger partial charge in [0.1, 0.15) is 0 Å². The molecule has 0 spiro atoms. The van der Waals surface area contributed by atoms with E-state index in [1.54, 1.807) is 4.90 Å². The molecule has 38 heavy (non-hydrogen) atoms. The number of hydrogen-bond acceptors (Lipinski definition) is 6. The molecular weight excluding hydrogens is 498 g/mol. The first kappa shape index (κ1) is 26.6. The number of benzene rings is 1. The molecule has 3 aliphatic heterocycles. The highest BCUT2D eigenvalue weighted by Crippen LogP contribution is 2.52. The summed E-state index contributed by atoms with van der Waals surface area (Å²) < 4.78 is 5.02. The molecule has 6 rings (SSSR count). The summed E-state index contributed by atoms with van der Waals surface area (Å²) in [6.07, 6.45) is 13.4. The zero-order chi connectivity index (χ0) is 26.2. The summed E-state index contributed by atoms with van der Waals surface area (Å²) >= 11 is 2.15. The van der Waals surface area contributed by atoms with Crippen LogP contribution in [-0.2, 0) is 9.53 Å². The molecular formula is C30H43N3O4S. The summed E-state index contributed by atoms with van der Waals surface area (Å²) in [5.41, 5.74) is 0.991. The molecule has 7 nitrogen and oxygen atoms in total. The molecule has 2 amide bonds. The van der Waals surface area contributed by atoms with Crippen LogP contribution in [0.4, 0.5) is 0 Å². The summed E-state index contributed by atoms with van der Waals surface area (Å²) in [7, 11) is 0. The first-order valence-electron chi connectivity index (χ1n) is 14.8. The Balaban J connectivity index is 1.08. The number of ether oxygens (including phenoxy) is 1. The van der Waals surface area contributed by atoms with E-state index in [4.69, 9.17) is 4.74 Å². The number of aliphatic hydroxyl groups is 1. The Bertz CT molecular complexity index is 999. The first-order chi connectivity index (χ1) is 18.5. The lowest BCUT2D eigenvalue weighted by atomic mass is 9.64. The van der Waals surface area contributed by atoms with Crippen molar-refractivity contribution in [3.05, 3.63) is 35.4 Å². The van der Waals surface area contributed by atoms with E-state index >= 15 is 0 Å². The standard InChI is InChI=1S/C30H43N3O4S/c34-27(32-14-16-33(17-15-32)28(35)29(36)19-37-20-29)23-10-8-22(9-11-23)24-12-13-26-30(18-24,31-21-38-26)25-6-4-2-1-3-5-7-25/h8-11,24-26,31,36H,1-7,12-21H2. The molecule has 2 aliphatic carbocycles. The summed E-state index contributed by atoms with van der Waals surface area (Å²) in [5, 5.41) is 15.1. The van der Waals surface area contributed by atoms with Crippen LogP contribution in [0.2, 0.25) is 0 Å². The van der Waals surface area contributed by atoms with E-state index < -0.39 is 5.60 Å². The number of nitrogens with one attached hydrogen (secondary N) is 1. The Hall–Kier alpha value is -1.61. The Kier molecular flexibility index (Phi) is 7.78. The fourth-order valence-electron chi connectivity index (χ4n) is 7.68. The number of carbonyl (C=O) groups is 2. The maximum Gasteiger partial charge on any atom is 0.259 e. The van der Waals surface area contributed by atoms with Gasteiger partial charge in [-0.05, 0) is 61.6 Å². The third kappa shape index (κ3) is 5.02. The first-order valence-corrected chi connectivity index (χ1v) is 15.9. The number of fused-ring (bicyclic) bond motifs is 1. The molecule has 0 radical (unpaired) electrons. The lowest BCUT2D eigenvalue weighted by molar-refractivity contribution is -0.201. The molecule has 8 heteroatoms. The van der Waals surface area contributed by atoms with Crippen LogP contribution < -0.4 is 5.32 Å². The Labute approximate surface area is 231 Å². The van der Waals surface area contributed by atoms with Crippen LogP contribution in [0, 0.1) is 5.92 Å². The molecule has 1 aromatic carbocycles. The van der Waals surface area contributed by atoms with Crippen molar-refractivity contribution in [2.45, 2.75) is 86.5 Å². The van der Waals surface area contributed by atoms with Crippen LogP contribution in [0.5, 0.6) is 0 Å². The second-order valence-electron chi connectivity index (χ2n) is 12.3. The predicted molar refractivity (Wildman–Crippen MR) is 149 cm³/mol. The van der Waals surface area contributed by atoms with Crippen molar-refractivity contribution in [1.82, 2.24) is 15.1 Å². The molecule has 3 heterocycles. The average molecular weight is 542 g/mol. The van der Waals surface area contributed by atoms with Gasteiger partial charge < -0.3 is 25.0 Å². The molecule has 3 saturated heterocycles. The zero-order valence-corrected chi connectivity index (χ0v) is 23.4. The van der Waals surface area contributed by atoms with Gasteiger partial charge >= 0.3 is 0 Å².